The Labute approximate surface area is 130 Å². The smallest absolute Gasteiger partial charge is 0.303 e. The highest BCUT2D eigenvalue weighted by Gasteiger charge is 2.29. The van der Waals surface area contributed by atoms with E-state index in [0.717, 1.165) is 0 Å². The molecule has 1 aliphatic rings. The number of carbonyl (C=O) groups excluding carboxylic acids is 2. The molecule has 1 heterocycles. The summed E-state index contributed by atoms with van der Waals surface area (Å²) in [6.07, 6.45) is 3.55. The molecule has 22 heavy (non-hydrogen) atoms. The number of rotatable bonds is 5. The van der Waals surface area contributed by atoms with E-state index in [4.69, 9.17) is 19.5 Å². The number of nitriles is 1. The van der Waals surface area contributed by atoms with Crippen LogP contribution in [0.4, 0.5) is 0 Å². The van der Waals surface area contributed by atoms with Crippen molar-refractivity contribution in [1.82, 2.24) is 0 Å². The second-order valence-corrected chi connectivity index (χ2v) is 4.69. The molecule has 0 bridgehead atoms. The van der Waals surface area contributed by atoms with E-state index < -0.39 is 30.3 Å². The Morgan fingerprint density at radius 2 is 2.00 bits per heavy atom. The summed E-state index contributed by atoms with van der Waals surface area (Å²) in [5, 5.41) is 8.44. The van der Waals surface area contributed by atoms with Gasteiger partial charge in [-0.05, 0) is 18.6 Å². The summed E-state index contributed by atoms with van der Waals surface area (Å²) < 4.78 is 15.7. The zero-order chi connectivity index (χ0) is 16.4. The van der Waals surface area contributed by atoms with Crippen LogP contribution in [0.5, 0.6) is 0 Å². The van der Waals surface area contributed by atoms with Gasteiger partial charge in [0.25, 0.3) is 0 Å². The normalized spacial score (nSPS) is 22.9. The van der Waals surface area contributed by atoms with Crippen molar-refractivity contribution in [1.29, 1.82) is 5.26 Å². The quantitative estimate of drug-likeness (QED) is 0.331. The predicted octanol–water partition coefficient (Wildman–Crippen LogP) is 1.50. The zero-order valence-electron chi connectivity index (χ0n) is 12.7. The Kier molecular flexibility index (Phi) is 7.74. The van der Waals surface area contributed by atoms with E-state index in [-0.39, 0.29) is 6.61 Å². The van der Waals surface area contributed by atoms with E-state index >= 15 is 0 Å². The maximum Gasteiger partial charge on any atom is 0.303 e. The Morgan fingerprint density at radius 3 is 2.64 bits per heavy atom. The third-order valence-electron chi connectivity index (χ3n) is 2.75. The van der Waals surface area contributed by atoms with Crippen molar-refractivity contribution >= 4 is 11.9 Å². The molecule has 0 aliphatic carbocycles. The summed E-state index contributed by atoms with van der Waals surface area (Å²) in [6.45, 7) is 2.59. The van der Waals surface area contributed by atoms with E-state index in [9.17, 15) is 9.59 Å². The summed E-state index contributed by atoms with van der Waals surface area (Å²) in [4.78, 5) is 22.0. The molecule has 6 heteroatoms. The van der Waals surface area contributed by atoms with Crippen LogP contribution < -0.4 is 0 Å². The van der Waals surface area contributed by atoms with Crippen molar-refractivity contribution in [2.45, 2.75) is 51.4 Å². The van der Waals surface area contributed by atoms with E-state index in [1.165, 1.54) is 13.8 Å². The molecule has 0 saturated carbocycles. The van der Waals surface area contributed by atoms with Crippen LogP contribution in [-0.4, -0.2) is 36.9 Å². The van der Waals surface area contributed by atoms with Gasteiger partial charge in [0.2, 0.25) is 0 Å². The third-order valence-corrected chi connectivity index (χ3v) is 2.75. The van der Waals surface area contributed by atoms with E-state index in [0.29, 0.717) is 19.3 Å². The van der Waals surface area contributed by atoms with Gasteiger partial charge in [-0.15, -0.1) is 5.92 Å². The van der Waals surface area contributed by atoms with E-state index in [2.05, 4.69) is 17.9 Å². The van der Waals surface area contributed by atoms with E-state index in [1.54, 1.807) is 12.2 Å². The summed E-state index contributed by atoms with van der Waals surface area (Å²) in [6, 6.07) is 2.05. The lowest BCUT2D eigenvalue weighted by Crippen LogP contribution is -2.41. The minimum absolute atomic E-state index is 0.00969. The fourth-order valence-electron chi connectivity index (χ4n) is 1.80. The Hall–Kier alpha value is -2.31. The summed E-state index contributed by atoms with van der Waals surface area (Å²) in [7, 11) is 0. The van der Waals surface area contributed by atoms with Crippen LogP contribution in [0.25, 0.3) is 0 Å². The van der Waals surface area contributed by atoms with Crippen molar-refractivity contribution < 1.29 is 23.8 Å². The molecule has 118 valence electrons. The first-order valence-corrected chi connectivity index (χ1v) is 7.02. The molecule has 0 aromatic carbocycles. The van der Waals surface area contributed by atoms with Crippen LogP contribution in [0.1, 0.15) is 33.1 Å². The average Bonchev–Trinajstić information content (AvgIpc) is 2.46. The second-order valence-electron chi connectivity index (χ2n) is 4.69. The van der Waals surface area contributed by atoms with Gasteiger partial charge in [0.1, 0.15) is 24.9 Å². The highest BCUT2D eigenvalue weighted by molar-refractivity contribution is 5.66. The Balaban J connectivity index is 2.62. The second kappa shape index (κ2) is 9.59. The van der Waals surface area contributed by atoms with Crippen molar-refractivity contribution in [3.8, 4) is 17.9 Å². The number of unbranched alkanes of at least 4 members (excludes halogenated alkanes) is 2. The number of hydrogen-bond donors (Lipinski definition) is 0. The molecule has 0 amide bonds. The standard InChI is InChI=1S/C16H19NO5/c1-12(18)20-11-16-15(21-13(2)19)9-8-14(22-16)7-5-3-4-6-10-17/h8-9,14-16H,3-4,6,11H2,1-2H3/t14-,15+,16-/m1/s1. The Bertz CT molecular complexity index is 523. The van der Waals surface area contributed by atoms with Crippen molar-refractivity contribution in [2.24, 2.45) is 0 Å². The molecule has 0 fully saturated rings. The van der Waals surface area contributed by atoms with Gasteiger partial charge in [0.05, 0.1) is 6.07 Å². The van der Waals surface area contributed by atoms with Crippen molar-refractivity contribution in [3.05, 3.63) is 12.2 Å². The molecule has 0 aromatic rings. The molecule has 0 radical (unpaired) electrons. The van der Waals surface area contributed by atoms with Gasteiger partial charge in [-0.3, -0.25) is 9.59 Å². The molecule has 0 saturated heterocycles. The minimum Gasteiger partial charge on any atom is -0.463 e. The lowest BCUT2D eigenvalue weighted by Gasteiger charge is -2.29. The zero-order valence-corrected chi connectivity index (χ0v) is 12.7. The van der Waals surface area contributed by atoms with Crippen LogP contribution in [0, 0.1) is 23.2 Å². The predicted molar refractivity (Wildman–Crippen MR) is 77.2 cm³/mol. The van der Waals surface area contributed by atoms with Crippen molar-refractivity contribution in [3.63, 3.8) is 0 Å². The van der Waals surface area contributed by atoms with Gasteiger partial charge in [-0.2, -0.15) is 5.26 Å². The number of carbonyl (C=O) groups is 2. The molecule has 1 rings (SSSR count). The molecular formula is C16H19NO5. The molecule has 1 aliphatic heterocycles. The number of esters is 2. The SMILES string of the molecule is CC(=O)OC[C@H]1O[C@H](C#CCCCC#N)C=C[C@@H]1OC(C)=O. The lowest BCUT2D eigenvalue weighted by molar-refractivity contribution is -0.161. The van der Waals surface area contributed by atoms with E-state index in [1.807, 2.05) is 0 Å². The average molecular weight is 305 g/mol. The summed E-state index contributed by atoms with van der Waals surface area (Å²) in [5.41, 5.74) is 0. The van der Waals surface area contributed by atoms with Gasteiger partial charge in [0, 0.05) is 26.7 Å². The van der Waals surface area contributed by atoms with Crippen LogP contribution in [0.2, 0.25) is 0 Å². The molecule has 3 atom stereocenters. The molecule has 0 unspecified atom stereocenters. The maximum absolute atomic E-state index is 11.1. The minimum atomic E-state index is -0.603. The fraction of sp³-hybridized carbons (Fsp3) is 0.562. The number of ether oxygens (including phenoxy) is 3. The summed E-state index contributed by atoms with van der Waals surface area (Å²) in [5.74, 6) is 4.99. The van der Waals surface area contributed by atoms with Gasteiger partial charge in [-0.25, -0.2) is 0 Å². The third kappa shape index (κ3) is 6.92. The van der Waals surface area contributed by atoms with Crippen LogP contribution in [-0.2, 0) is 23.8 Å². The highest BCUT2D eigenvalue weighted by Crippen LogP contribution is 2.17. The van der Waals surface area contributed by atoms with Gasteiger partial charge < -0.3 is 14.2 Å². The first-order chi connectivity index (χ1) is 10.5. The Morgan fingerprint density at radius 1 is 1.23 bits per heavy atom. The van der Waals surface area contributed by atoms with Crippen LogP contribution in [0.15, 0.2) is 12.2 Å². The number of nitrogens with zero attached hydrogens (tertiary/aromatic N) is 1. The van der Waals surface area contributed by atoms with Crippen LogP contribution in [0.3, 0.4) is 0 Å². The largest absolute Gasteiger partial charge is 0.463 e. The first-order valence-electron chi connectivity index (χ1n) is 7.02. The fourth-order valence-corrected chi connectivity index (χ4v) is 1.80. The molecular weight excluding hydrogens is 286 g/mol. The lowest BCUT2D eigenvalue weighted by atomic mass is 10.1. The van der Waals surface area contributed by atoms with Gasteiger partial charge >= 0.3 is 11.9 Å². The van der Waals surface area contributed by atoms with Crippen LogP contribution >= 0.6 is 0 Å². The van der Waals surface area contributed by atoms with Gasteiger partial charge in [0.15, 0.2) is 0 Å². The molecule has 0 aromatic heterocycles. The first kappa shape index (κ1) is 17.7. The molecule has 0 spiro atoms. The van der Waals surface area contributed by atoms with Crippen molar-refractivity contribution in [2.75, 3.05) is 6.61 Å². The van der Waals surface area contributed by atoms with Gasteiger partial charge in [-0.1, -0.05) is 5.92 Å². The molecule has 0 N–H and O–H groups in total. The monoisotopic (exact) mass is 305 g/mol. The number of hydrogen-bond acceptors (Lipinski definition) is 6. The highest BCUT2D eigenvalue weighted by atomic mass is 16.6. The maximum atomic E-state index is 11.1. The topological polar surface area (TPSA) is 85.6 Å². The summed E-state index contributed by atoms with van der Waals surface area (Å²) >= 11 is 0. The molecule has 6 nitrogen and oxygen atoms in total.